The lowest BCUT2D eigenvalue weighted by Crippen LogP contribution is -2.13. The molecule has 23 heavy (non-hydrogen) atoms. The molecule has 0 spiro atoms. The van der Waals surface area contributed by atoms with E-state index in [9.17, 15) is 0 Å². The average molecular weight is 324 g/mol. The van der Waals surface area contributed by atoms with Crippen molar-refractivity contribution in [3.05, 3.63) is 54.1 Å². The van der Waals surface area contributed by atoms with Gasteiger partial charge in [0.2, 0.25) is 11.9 Å². The summed E-state index contributed by atoms with van der Waals surface area (Å²) in [5.74, 6) is 2.40. The molecule has 0 radical (unpaired) electrons. The van der Waals surface area contributed by atoms with Gasteiger partial charge in [-0.1, -0.05) is 48.2 Å². The average Bonchev–Trinajstić information content (AvgIpc) is 3.29. The molecule has 1 N–H and O–H groups in total. The molecule has 2 aromatic carbocycles. The van der Waals surface area contributed by atoms with Gasteiger partial charge in [-0.2, -0.15) is 0 Å². The van der Waals surface area contributed by atoms with E-state index in [0.717, 1.165) is 33.6 Å². The van der Waals surface area contributed by atoms with E-state index in [-0.39, 0.29) is 12.2 Å². The lowest BCUT2D eigenvalue weighted by atomic mass is 10.2. The van der Waals surface area contributed by atoms with Crippen molar-refractivity contribution in [2.45, 2.75) is 10.5 Å². The predicted molar refractivity (Wildman–Crippen MR) is 86.0 cm³/mol. The van der Waals surface area contributed by atoms with Crippen LogP contribution in [0.5, 0.6) is 11.5 Å². The van der Waals surface area contributed by atoms with Gasteiger partial charge in [0.05, 0.1) is 0 Å². The Morgan fingerprint density at radius 1 is 1.04 bits per heavy atom. The van der Waals surface area contributed by atoms with Crippen molar-refractivity contribution in [3.63, 3.8) is 0 Å². The van der Waals surface area contributed by atoms with Gasteiger partial charge in [0.15, 0.2) is 17.3 Å². The first kappa shape index (κ1) is 12.8. The molecule has 0 fully saturated rings. The molecule has 3 aromatic rings. The minimum Gasteiger partial charge on any atom is -0.454 e. The number of hydrogen-bond donors (Lipinski definition) is 1. The number of nitrogens with zero attached hydrogens (tertiary/aromatic N) is 3. The van der Waals surface area contributed by atoms with E-state index in [1.807, 2.05) is 53.2 Å². The molecular weight excluding hydrogens is 312 g/mol. The van der Waals surface area contributed by atoms with Crippen molar-refractivity contribution in [2.24, 2.45) is 0 Å². The van der Waals surface area contributed by atoms with Gasteiger partial charge in [0.1, 0.15) is 5.37 Å². The molecule has 6 nitrogen and oxygen atoms in total. The van der Waals surface area contributed by atoms with Crippen LogP contribution < -0.4 is 14.9 Å². The Kier molecular flexibility index (Phi) is 2.75. The third-order valence-electron chi connectivity index (χ3n) is 3.83. The van der Waals surface area contributed by atoms with E-state index in [1.54, 1.807) is 11.8 Å². The van der Waals surface area contributed by atoms with Crippen LogP contribution in [0.25, 0.3) is 11.4 Å². The molecule has 0 saturated heterocycles. The van der Waals surface area contributed by atoms with Crippen LogP contribution in [0.4, 0.5) is 0 Å². The van der Waals surface area contributed by atoms with E-state index in [1.165, 1.54) is 0 Å². The van der Waals surface area contributed by atoms with E-state index in [2.05, 4.69) is 15.6 Å². The predicted octanol–water partition coefficient (Wildman–Crippen LogP) is 3.02. The zero-order valence-corrected chi connectivity index (χ0v) is 12.8. The third kappa shape index (κ3) is 2.04. The fourth-order valence-corrected chi connectivity index (χ4v) is 3.69. The summed E-state index contributed by atoms with van der Waals surface area (Å²) >= 11 is 1.63. The SMILES string of the molecule is c1ccc(-c2nnc3n2N[C@H](c2ccc4c(c2)OCO4)S3)cc1. The summed E-state index contributed by atoms with van der Waals surface area (Å²) < 4.78 is 12.8. The Bertz CT molecular complexity index is 881. The first-order valence-corrected chi connectivity index (χ1v) is 8.10. The molecule has 0 aliphatic carbocycles. The zero-order valence-electron chi connectivity index (χ0n) is 12.0. The number of nitrogens with one attached hydrogen (secondary N) is 1. The molecular formula is C16H12N4O2S. The van der Waals surface area contributed by atoms with E-state index in [0.29, 0.717) is 0 Å². The largest absolute Gasteiger partial charge is 0.454 e. The lowest BCUT2D eigenvalue weighted by Gasteiger charge is -2.12. The van der Waals surface area contributed by atoms with Crippen LogP contribution >= 0.6 is 11.8 Å². The monoisotopic (exact) mass is 324 g/mol. The van der Waals surface area contributed by atoms with Crippen molar-refractivity contribution in [1.82, 2.24) is 14.9 Å². The molecule has 1 aromatic heterocycles. The van der Waals surface area contributed by atoms with Crippen molar-refractivity contribution in [1.29, 1.82) is 0 Å². The maximum absolute atomic E-state index is 5.46. The molecule has 0 saturated carbocycles. The summed E-state index contributed by atoms with van der Waals surface area (Å²) in [5.41, 5.74) is 5.59. The highest BCUT2D eigenvalue weighted by Crippen LogP contribution is 2.43. The van der Waals surface area contributed by atoms with Gasteiger partial charge >= 0.3 is 0 Å². The molecule has 114 valence electrons. The van der Waals surface area contributed by atoms with Crippen LogP contribution in [0.2, 0.25) is 0 Å². The van der Waals surface area contributed by atoms with Gasteiger partial charge in [0.25, 0.3) is 0 Å². The molecule has 3 heterocycles. The summed E-state index contributed by atoms with van der Waals surface area (Å²) in [6, 6.07) is 16.0. The Hall–Kier alpha value is -2.67. The maximum Gasteiger partial charge on any atom is 0.231 e. The van der Waals surface area contributed by atoms with Crippen LogP contribution in [0.1, 0.15) is 10.9 Å². The van der Waals surface area contributed by atoms with Crippen LogP contribution in [0.3, 0.4) is 0 Å². The summed E-state index contributed by atoms with van der Waals surface area (Å²) in [6.07, 6.45) is 0. The van der Waals surface area contributed by atoms with Crippen LogP contribution in [-0.2, 0) is 0 Å². The number of hydrogen-bond acceptors (Lipinski definition) is 6. The number of rotatable bonds is 2. The van der Waals surface area contributed by atoms with Crippen LogP contribution in [-0.4, -0.2) is 21.7 Å². The highest BCUT2D eigenvalue weighted by molar-refractivity contribution is 7.99. The molecule has 0 bridgehead atoms. The molecule has 0 unspecified atom stereocenters. The van der Waals surface area contributed by atoms with Gasteiger partial charge in [-0.05, 0) is 17.7 Å². The maximum atomic E-state index is 5.46. The molecule has 7 heteroatoms. The van der Waals surface area contributed by atoms with Crippen molar-refractivity contribution >= 4 is 11.8 Å². The molecule has 2 aliphatic heterocycles. The topological polar surface area (TPSA) is 61.2 Å². The Morgan fingerprint density at radius 2 is 1.91 bits per heavy atom. The first-order chi connectivity index (χ1) is 11.4. The number of benzene rings is 2. The van der Waals surface area contributed by atoms with E-state index < -0.39 is 0 Å². The quantitative estimate of drug-likeness (QED) is 0.782. The second-order valence-corrected chi connectivity index (χ2v) is 6.32. The Morgan fingerprint density at radius 3 is 2.83 bits per heavy atom. The second kappa shape index (κ2) is 4.92. The highest BCUT2D eigenvalue weighted by atomic mass is 32.2. The lowest BCUT2D eigenvalue weighted by molar-refractivity contribution is 0.174. The van der Waals surface area contributed by atoms with Crippen LogP contribution in [0.15, 0.2) is 53.7 Å². The summed E-state index contributed by atoms with van der Waals surface area (Å²) in [4.78, 5) is 0. The van der Waals surface area contributed by atoms with Crippen molar-refractivity contribution in [3.8, 4) is 22.9 Å². The Labute approximate surface area is 136 Å². The fraction of sp³-hybridized carbons (Fsp3) is 0.125. The van der Waals surface area contributed by atoms with E-state index in [4.69, 9.17) is 9.47 Å². The highest BCUT2D eigenvalue weighted by Gasteiger charge is 2.29. The van der Waals surface area contributed by atoms with Crippen molar-refractivity contribution < 1.29 is 9.47 Å². The number of fused-ring (bicyclic) bond motifs is 2. The van der Waals surface area contributed by atoms with E-state index >= 15 is 0 Å². The number of ether oxygens (including phenoxy) is 2. The Balaban J connectivity index is 1.47. The summed E-state index contributed by atoms with van der Waals surface area (Å²) in [5, 5.41) is 9.48. The van der Waals surface area contributed by atoms with Crippen LogP contribution in [0, 0.1) is 0 Å². The fourth-order valence-electron chi connectivity index (χ4n) is 2.70. The third-order valence-corrected chi connectivity index (χ3v) is 4.92. The standard InChI is InChI=1S/C16H12N4O2S/c1-2-4-10(5-3-1)14-17-18-16-20(14)19-15(23-16)11-6-7-12-13(8-11)22-9-21-12/h1-8,15,19H,9H2/t15-/m0/s1. The van der Waals surface area contributed by atoms with Gasteiger partial charge in [-0.3, -0.25) is 0 Å². The normalized spacial score (nSPS) is 17.8. The van der Waals surface area contributed by atoms with Gasteiger partial charge in [-0.15, -0.1) is 10.2 Å². The first-order valence-electron chi connectivity index (χ1n) is 7.22. The number of aromatic nitrogens is 3. The van der Waals surface area contributed by atoms with Gasteiger partial charge < -0.3 is 14.9 Å². The molecule has 0 amide bonds. The molecule has 1 atom stereocenters. The van der Waals surface area contributed by atoms with Gasteiger partial charge in [-0.25, -0.2) is 4.68 Å². The minimum absolute atomic E-state index is 0.0671. The summed E-state index contributed by atoms with van der Waals surface area (Å²) in [7, 11) is 0. The minimum atomic E-state index is 0.0671. The smallest absolute Gasteiger partial charge is 0.231 e. The summed E-state index contributed by atoms with van der Waals surface area (Å²) in [6.45, 7) is 0.285. The van der Waals surface area contributed by atoms with Gasteiger partial charge in [0, 0.05) is 5.56 Å². The second-order valence-electron chi connectivity index (χ2n) is 5.25. The molecule has 2 aliphatic rings. The molecule has 5 rings (SSSR count). The zero-order chi connectivity index (χ0) is 15.2. The van der Waals surface area contributed by atoms with Crippen molar-refractivity contribution in [2.75, 3.05) is 12.2 Å². The number of thioether (sulfide) groups is 1.